The number of hydrogen-bond acceptors (Lipinski definition) is 5. The van der Waals surface area contributed by atoms with Crippen molar-refractivity contribution in [1.82, 2.24) is 0 Å². The average Bonchev–Trinajstić information content (AvgIpc) is 3.10. The molecule has 0 radical (unpaired) electrons. The van der Waals surface area contributed by atoms with Crippen molar-refractivity contribution >= 4 is 0 Å². The van der Waals surface area contributed by atoms with Crippen LogP contribution >= 0.6 is 0 Å². The van der Waals surface area contributed by atoms with Crippen LogP contribution in [-0.4, -0.2) is 34.5 Å². The minimum Gasteiger partial charge on any atom is -0.497 e. The highest BCUT2D eigenvalue weighted by molar-refractivity contribution is 5.54. The summed E-state index contributed by atoms with van der Waals surface area (Å²) in [5, 5.41) is 0. The molecule has 24 heavy (non-hydrogen) atoms. The molecule has 0 amide bonds. The molecule has 132 valence electrons. The van der Waals surface area contributed by atoms with Gasteiger partial charge >= 0.3 is 0 Å². The third-order valence-electron chi connectivity index (χ3n) is 4.24. The molecule has 0 aliphatic carbocycles. The lowest BCUT2D eigenvalue weighted by molar-refractivity contribution is 0.0642. The van der Waals surface area contributed by atoms with Crippen molar-refractivity contribution in [1.29, 1.82) is 0 Å². The van der Waals surface area contributed by atoms with Gasteiger partial charge in [0.1, 0.15) is 5.76 Å². The zero-order chi connectivity index (χ0) is 17.7. The van der Waals surface area contributed by atoms with E-state index >= 15 is 0 Å². The Labute approximate surface area is 143 Å². The Balaban J connectivity index is 2.22. The third-order valence-corrected chi connectivity index (χ3v) is 4.24. The van der Waals surface area contributed by atoms with E-state index in [0.29, 0.717) is 23.0 Å². The van der Waals surface area contributed by atoms with E-state index in [9.17, 15) is 0 Å². The second-order valence-corrected chi connectivity index (χ2v) is 5.71. The van der Waals surface area contributed by atoms with Crippen LogP contribution in [0.2, 0.25) is 0 Å². The molecular weight excluding hydrogens is 308 g/mol. The van der Waals surface area contributed by atoms with Crippen molar-refractivity contribution in [3.05, 3.63) is 41.7 Å². The molecule has 0 saturated carbocycles. The van der Waals surface area contributed by atoms with Gasteiger partial charge in [-0.1, -0.05) is 6.58 Å². The maximum atomic E-state index is 6.21. The van der Waals surface area contributed by atoms with Crippen LogP contribution in [0, 0.1) is 0 Å². The van der Waals surface area contributed by atoms with E-state index in [1.807, 2.05) is 25.1 Å². The van der Waals surface area contributed by atoms with Crippen LogP contribution in [0.3, 0.4) is 0 Å². The van der Waals surface area contributed by atoms with Crippen LogP contribution in [0.15, 0.2) is 36.1 Å². The van der Waals surface area contributed by atoms with Crippen molar-refractivity contribution in [2.45, 2.75) is 32.0 Å². The summed E-state index contributed by atoms with van der Waals surface area (Å²) in [5.41, 5.74) is 2.13. The molecule has 1 saturated heterocycles. The molecule has 1 aromatic rings. The van der Waals surface area contributed by atoms with Gasteiger partial charge in [0.2, 0.25) is 5.75 Å². The predicted octanol–water partition coefficient (Wildman–Crippen LogP) is 4.04. The number of hydrogen-bond donors (Lipinski definition) is 0. The molecule has 1 aliphatic rings. The number of rotatable bonds is 7. The molecule has 5 heteroatoms. The van der Waals surface area contributed by atoms with Gasteiger partial charge in [-0.2, -0.15) is 0 Å². The average molecular weight is 334 g/mol. The zero-order valence-corrected chi connectivity index (χ0v) is 15.0. The van der Waals surface area contributed by atoms with Gasteiger partial charge in [-0.05, 0) is 49.1 Å². The summed E-state index contributed by atoms with van der Waals surface area (Å²) in [5.74, 6) is 2.50. The van der Waals surface area contributed by atoms with Gasteiger partial charge in [0.25, 0.3) is 0 Å². The van der Waals surface area contributed by atoms with E-state index in [2.05, 4.69) is 6.58 Å². The Morgan fingerprint density at radius 3 is 2.21 bits per heavy atom. The van der Waals surface area contributed by atoms with Gasteiger partial charge in [0, 0.05) is 0 Å². The van der Waals surface area contributed by atoms with E-state index in [0.717, 1.165) is 24.0 Å². The second-order valence-electron chi connectivity index (χ2n) is 5.71. The first-order valence-electron chi connectivity index (χ1n) is 7.90. The maximum Gasteiger partial charge on any atom is 0.203 e. The van der Waals surface area contributed by atoms with Gasteiger partial charge in [0.05, 0.1) is 40.6 Å². The highest BCUT2D eigenvalue weighted by atomic mass is 16.5. The Bertz CT molecular complexity index is 595. The van der Waals surface area contributed by atoms with Crippen molar-refractivity contribution < 1.29 is 23.7 Å². The molecule has 2 rings (SSSR count). The maximum absolute atomic E-state index is 6.21. The minimum absolute atomic E-state index is 0.0112. The van der Waals surface area contributed by atoms with Crippen molar-refractivity contribution in [2.75, 3.05) is 28.4 Å². The fraction of sp³-hybridized carbons (Fsp3) is 0.474. The number of allylic oxidation sites excluding steroid dienone is 1. The smallest absolute Gasteiger partial charge is 0.203 e. The fourth-order valence-electron chi connectivity index (χ4n) is 2.91. The monoisotopic (exact) mass is 334 g/mol. The SMILES string of the molecule is C=C(/C=C(\C)C1CCC(c2cc(OC)c(OC)c(OC)c2)O1)OC. The summed E-state index contributed by atoms with van der Waals surface area (Å²) < 4.78 is 27.5. The molecule has 0 aromatic heterocycles. The molecule has 1 fully saturated rings. The third kappa shape index (κ3) is 3.85. The van der Waals surface area contributed by atoms with Gasteiger partial charge in [-0.25, -0.2) is 0 Å². The highest BCUT2D eigenvalue weighted by Gasteiger charge is 2.29. The van der Waals surface area contributed by atoms with Crippen LogP contribution < -0.4 is 14.2 Å². The van der Waals surface area contributed by atoms with E-state index in [4.69, 9.17) is 23.7 Å². The second kappa shape index (κ2) is 8.11. The number of benzene rings is 1. The van der Waals surface area contributed by atoms with Gasteiger partial charge < -0.3 is 23.7 Å². The molecule has 0 spiro atoms. The lowest BCUT2D eigenvalue weighted by atomic mass is 10.0. The predicted molar refractivity (Wildman–Crippen MR) is 92.9 cm³/mol. The summed E-state index contributed by atoms with van der Waals surface area (Å²) in [6.07, 6.45) is 3.83. The minimum atomic E-state index is -0.0112. The zero-order valence-electron chi connectivity index (χ0n) is 15.0. The normalized spacial score (nSPS) is 20.6. The number of ether oxygens (including phenoxy) is 5. The summed E-state index contributed by atoms with van der Waals surface area (Å²) in [6.45, 7) is 5.86. The van der Waals surface area contributed by atoms with Crippen molar-refractivity contribution in [3.63, 3.8) is 0 Å². The van der Waals surface area contributed by atoms with Gasteiger partial charge in [-0.15, -0.1) is 0 Å². The Morgan fingerprint density at radius 2 is 1.71 bits per heavy atom. The van der Waals surface area contributed by atoms with Crippen LogP contribution in [-0.2, 0) is 9.47 Å². The van der Waals surface area contributed by atoms with Gasteiger partial charge in [0.15, 0.2) is 11.5 Å². The van der Waals surface area contributed by atoms with Crippen molar-refractivity contribution in [2.24, 2.45) is 0 Å². The molecular formula is C19H26O5. The first kappa shape index (κ1) is 18.2. The molecule has 2 atom stereocenters. The summed E-state index contributed by atoms with van der Waals surface area (Å²) >= 11 is 0. The van der Waals surface area contributed by atoms with Crippen LogP contribution in [0.5, 0.6) is 17.2 Å². The first-order chi connectivity index (χ1) is 11.5. The van der Waals surface area contributed by atoms with Crippen LogP contribution in [0.1, 0.15) is 31.4 Å². The fourth-order valence-corrected chi connectivity index (χ4v) is 2.91. The quantitative estimate of drug-likeness (QED) is 0.556. The van der Waals surface area contributed by atoms with E-state index in [1.54, 1.807) is 28.4 Å². The Kier molecular flexibility index (Phi) is 6.15. The summed E-state index contributed by atoms with van der Waals surface area (Å²) in [6, 6.07) is 3.89. The summed E-state index contributed by atoms with van der Waals surface area (Å²) in [4.78, 5) is 0. The van der Waals surface area contributed by atoms with Crippen LogP contribution in [0.4, 0.5) is 0 Å². The van der Waals surface area contributed by atoms with Gasteiger partial charge in [-0.3, -0.25) is 0 Å². The Morgan fingerprint density at radius 1 is 1.08 bits per heavy atom. The highest BCUT2D eigenvalue weighted by Crippen LogP contribution is 2.43. The molecule has 0 N–H and O–H groups in total. The van der Waals surface area contributed by atoms with E-state index < -0.39 is 0 Å². The summed E-state index contributed by atoms with van der Waals surface area (Å²) in [7, 11) is 6.44. The molecule has 5 nitrogen and oxygen atoms in total. The lowest BCUT2D eigenvalue weighted by Gasteiger charge is -2.18. The molecule has 1 heterocycles. The lowest BCUT2D eigenvalue weighted by Crippen LogP contribution is -2.09. The topological polar surface area (TPSA) is 46.2 Å². The van der Waals surface area contributed by atoms with E-state index in [1.165, 1.54) is 0 Å². The van der Waals surface area contributed by atoms with E-state index in [-0.39, 0.29) is 12.2 Å². The largest absolute Gasteiger partial charge is 0.497 e. The first-order valence-corrected chi connectivity index (χ1v) is 7.90. The molecule has 1 aliphatic heterocycles. The standard InChI is InChI=1S/C19H26O5/c1-12(9-13(2)20-3)15-7-8-16(24-15)14-10-17(21-4)19(23-6)18(11-14)22-5/h9-11,15-16H,2,7-8H2,1,3-6H3/b12-9+. The van der Waals surface area contributed by atoms with Crippen LogP contribution in [0.25, 0.3) is 0 Å². The molecule has 0 bridgehead atoms. The number of methoxy groups -OCH3 is 4. The molecule has 2 unspecified atom stereocenters. The Hall–Kier alpha value is -2.14. The van der Waals surface area contributed by atoms with Crippen molar-refractivity contribution in [3.8, 4) is 17.2 Å². The molecule has 1 aromatic carbocycles.